The predicted molar refractivity (Wildman–Crippen MR) is 80.7 cm³/mol. The number of ketones is 1. The van der Waals surface area contributed by atoms with Crippen LogP contribution in [0.5, 0.6) is 0 Å². The SMILES string of the molecule is C/C=C/CCC[C@@H](C)/C(O)=C1\C(=O)[C@@H]([C@H](C)O)N(C)C1=O. The van der Waals surface area contributed by atoms with E-state index in [9.17, 15) is 19.8 Å². The van der Waals surface area contributed by atoms with Gasteiger partial charge in [0.2, 0.25) is 0 Å². The molecule has 21 heavy (non-hydrogen) atoms. The zero-order chi connectivity index (χ0) is 16.2. The zero-order valence-electron chi connectivity index (χ0n) is 13.2. The van der Waals surface area contributed by atoms with Gasteiger partial charge in [0, 0.05) is 13.0 Å². The normalized spacial score (nSPS) is 24.8. The molecule has 0 bridgehead atoms. The van der Waals surface area contributed by atoms with Crippen molar-refractivity contribution in [2.24, 2.45) is 5.92 Å². The van der Waals surface area contributed by atoms with Crippen molar-refractivity contribution >= 4 is 11.7 Å². The number of rotatable bonds is 6. The van der Waals surface area contributed by atoms with Crippen molar-refractivity contribution in [2.75, 3.05) is 7.05 Å². The van der Waals surface area contributed by atoms with Crippen LogP contribution in [0, 0.1) is 5.92 Å². The van der Waals surface area contributed by atoms with Crippen LogP contribution in [0.25, 0.3) is 0 Å². The monoisotopic (exact) mass is 295 g/mol. The third-order valence-electron chi connectivity index (χ3n) is 3.89. The first-order valence-corrected chi connectivity index (χ1v) is 7.36. The van der Waals surface area contributed by atoms with Gasteiger partial charge in [0.1, 0.15) is 17.4 Å². The summed E-state index contributed by atoms with van der Waals surface area (Å²) in [6.45, 7) is 5.21. The summed E-state index contributed by atoms with van der Waals surface area (Å²) in [5, 5.41) is 19.9. The molecule has 118 valence electrons. The minimum absolute atomic E-state index is 0.152. The number of hydrogen-bond donors (Lipinski definition) is 2. The first-order valence-electron chi connectivity index (χ1n) is 7.36. The summed E-state index contributed by atoms with van der Waals surface area (Å²) in [7, 11) is 1.47. The van der Waals surface area contributed by atoms with Gasteiger partial charge in [-0.25, -0.2) is 0 Å². The fourth-order valence-electron chi connectivity index (χ4n) is 2.60. The molecule has 0 saturated carbocycles. The number of likely N-dealkylation sites (tertiary alicyclic amines) is 1. The van der Waals surface area contributed by atoms with Crippen LogP contribution in [0.2, 0.25) is 0 Å². The van der Waals surface area contributed by atoms with Gasteiger partial charge in [-0.05, 0) is 33.1 Å². The highest BCUT2D eigenvalue weighted by molar-refractivity contribution is 6.26. The summed E-state index contributed by atoms with van der Waals surface area (Å²) in [4.78, 5) is 25.6. The maximum absolute atomic E-state index is 12.2. The number of carbonyl (C=O) groups excluding carboxylic acids is 2. The van der Waals surface area contributed by atoms with Crippen molar-refractivity contribution in [2.45, 2.75) is 52.2 Å². The highest BCUT2D eigenvalue weighted by Gasteiger charge is 2.45. The van der Waals surface area contributed by atoms with Crippen molar-refractivity contribution in [3.05, 3.63) is 23.5 Å². The van der Waals surface area contributed by atoms with E-state index < -0.39 is 23.8 Å². The van der Waals surface area contributed by atoms with E-state index in [1.807, 2.05) is 19.1 Å². The van der Waals surface area contributed by atoms with E-state index in [0.717, 1.165) is 12.8 Å². The summed E-state index contributed by atoms with van der Waals surface area (Å²) in [5.74, 6) is -1.40. The summed E-state index contributed by atoms with van der Waals surface area (Å²) < 4.78 is 0. The van der Waals surface area contributed by atoms with Gasteiger partial charge in [-0.15, -0.1) is 0 Å². The minimum Gasteiger partial charge on any atom is -0.511 e. The predicted octanol–water partition coefficient (Wildman–Crippen LogP) is 1.97. The zero-order valence-corrected chi connectivity index (χ0v) is 13.2. The lowest BCUT2D eigenvalue weighted by Crippen LogP contribution is -2.40. The number of allylic oxidation sites excluding steroid dienone is 3. The molecule has 0 aromatic rings. The van der Waals surface area contributed by atoms with Gasteiger partial charge in [0.05, 0.1) is 6.10 Å². The second-order valence-electron chi connectivity index (χ2n) is 5.63. The van der Waals surface area contributed by atoms with Crippen molar-refractivity contribution in [1.29, 1.82) is 0 Å². The molecule has 1 heterocycles. The molecule has 0 radical (unpaired) electrons. The second-order valence-corrected chi connectivity index (χ2v) is 5.63. The maximum Gasteiger partial charge on any atom is 0.261 e. The summed E-state index contributed by atoms with van der Waals surface area (Å²) in [6, 6.07) is -0.898. The lowest BCUT2D eigenvalue weighted by molar-refractivity contribution is -0.128. The molecule has 3 atom stereocenters. The van der Waals surface area contributed by atoms with Crippen molar-refractivity contribution in [3.63, 3.8) is 0 Å². The molecule has 2 N–H and O–H groups in total. The van der Waals surface area contributed by atoms with Gasteiger partial charge >= 0.3 is 0 Å². The topological polar surface area (TPSA) is 77.8 Å². The Bertz CT molecular complexity index is 465. The Morgan fingerprint density at radius 2 is 2.00 bits per heavy atom. The fraction of sp³-hybridized carbons (Fsp3) is 0.625. The molecule has 1 aliphatic rings. The maximum atomic E-state index is 12.2. The number of carbonyl (C=O) groups is 2. The van der Waals surface area contributed by atoms with Gasteiger partial charge in [-0.2, -0.15) is 0 Å². The van der Waals surface area contributed by atoms with E-state index >= 15 is 0 Å². The third kappa shape index (κ3) is 3.73. The molecule has 0 aromatic carbocycles. The van der Waals surface area contributed by atoms with Gasteiger partial charge in [0.25, 0.3) is 5.91 Å². The molecule has 1 amide bonds. The second kappa shape index (κ2) is 7.41. The highest BCUT2D eigenvalue weighted by Crippen LogP contribution is 2.28. The van der Waals surface area contributed by atoms with Gasteiger partial charge in [-0.3, -0.25) is 9.59 Å². The van der Waals surface area contributed by atoms with E-state index in [1.54, 1.807) is 6.92 Å². The Balaban J connectivity index is 2.89. The van der Waals surface area contributed by atoms with Crippen LogP contribution in [-0.2, 0) is 9.59 Å². The number of Topliss-reactive ketones (excluding diaryl/α,β-unsaturated/α-hetero) is 1. The molecule has 0 aromatic heterocycles. The number of aliphatic hydroxyl groups is 2. The molecule has 1 rings (SSSR count). The van der Waals surface area contributed by atoms with E-state index in [2.05, 4.69) is 0 Å². The van der Waals surface area contributed by atoms with Crippen LogP contribution in [-0.4, -0.2) is 46.0 Å². The van der Waals surface area contributed by atoms with Gasteiger partial charge < -0.3 is 15.1 Å². The Morgan fingerprint density at radius 1 is 1.38 bits per heavy atom. The summed E-state index contributed by atoms with van der Waals surface area (Å²) in [5.41, 5.74) is -0.165. The van der Waals surface area contributed by atoms with Gasteiger partial charge in [-0.1, -0.05) is 19.1 Å². The molecule has 1 aliphatic heterocycles. The Kier molecular flexibility index (Phi) is 6.15. The molecule has 0 unspecified atom stereocenters. The Labute approximate surface area is 125 Å². The molecular formula is C16H25NO4. The number of aliphatic hydroxyl groups excluding tert-OH is 2. The lowest BCUT2D eigenvalue weighted by atomic mass is 9.95. The van der Waals surface area contributed by atoms with Crippen LogP contribution in [0.15, 0.2) is 23.5 Å². The van der Waals surface area contributed by atoms with E-state index in [-0.39, 0.29) is 17.3 Å². The number of hydrogen-bond acceptors (Lipinski definition) is 4. The number of unbranched alkanes of at least 4 members (excludes halogenated alkanes) is 1. The molecule has 0 aliphatic carbocycles. The number of amides is 1. The molecule has 1 fully saturated rings. The van der Waals surface area contributed by atoms with Crippen LogP contribution in [0.3, 0.4) is 0 Å². The quantitative estimate of drug-likeness (QED) is 0.258. The molecule has 1 saturated heterocycles. The Hall–Kier alpha value is -1.62. The molecule has 5 heteroatoms. The van der Waals surface area contributed by atoms with E-state index in [0.29, 0.717) is 6.42 Å². The average molecular weight is 295 g/mol. The molecular weight excluding hydrogens is 270 g/mol. The van der Waals surface area contributed by atoms with Crippen molar-refractivity contribution in [3.8, 4) is 0 Å². The Morgan fingerprint density at radius 3 is 2.48 bits per heavy atom. The first kappa shape index (κ1) is 17.4. The largest absolute Gasteiger partial charge is 0.511 e. The fourth-order valence-corrected chi connectivity index (χ4v) is 2.60. The van der Waals surface area contributed by atoms with Gasteiger partial charge in [0.15, 0.2) is 5.78 Å². The van der Waals surface area contributed by atoms with E-state index in [1.165, 1.54) is 18.9 Å². The average Bonchev–Trinajstić information content (AvgIpc) is 2.64. The highest BCUT2D eigenvalue weighted by atomic mass is 16.3. The standard InChI is InChI=1S/C16H25NO4/c1-5-6-7-8-9-10(2)14(19)12-15(20)13(11(3)18)17(4)16(12)21/h5-6,10-11,13,18-19H,7-9H2,1-4H3/b6-5+,14-12-/t10-,11+,13-/m1/s1. The first-order chi connectivity index (χ1) is 9.82. The van der Waals surface area contributed by atoms with Crippen LogP contribution < -0.4 is 0 Å². The molecule has 0 spiro atoms. The number of nitrogens with zero attached hydrogens (tertiary/aromatic N) is 1. The van der Waals surface area contributed by atoms with Crippen LogP contribution >= 0.6 is 0 Å². The van der Waals surface area contributed by atoms with Crippen molar-refractivity contribution < 1.29 is 19.8 Å². The van der Waals surface area contributed by atoms with Crippen LogP contribution in [0.1, 0.15) is 40.0 Å². The third-order valence-corrected chi connectivity index (χ3v) is 3.89. The summed E-state index contributed by atoms with van der Waals surface area (Å²) in [6.07, 6.45) is 5.53. The summed E-state index contributed by atoms with van der Waals surface area (Å²) >= 11 is 0. The smallest absolute Gasteiger partial charge is 0.261 e. The van der Waals surface area contributed by atoms with E-state index in [4.69, 9.17) is 0 Å². The van der Waals surface area contributed by atoms with Crippen LogP contribution in [0.4, 0.5) is 0 Å². The molecule has 5 nitrogen and oxygen atoms in total. The van der Waals surface area contributed by atoms with Crippen molar-refractivity contribution in [1.82, 2.24) is 4.90 Å². The minimum atomic E-state index is -0.957. The lowest BCUT2D eigenvalue weighted by Gasteiger charge is -2.19. The number of likely N-dealkylation sites (N-methyl/N-ethyl adjacent to an activating group) is 1.